The number of aliphatic hydroxyl groups excluding tert-OH is 2. The first-order valence-corrected chi connectivity index (χ1v) is 8.63. The predicted octanol–water partition coefficient (Wildman–Crippen LogP) is -6.28. The lowest BCUT2D eigenvalue weighted by molar-refractivity contribution is -0.139. The number of nitrogens with two attached hydrogens (primary N) is 1. The molecule has 0 aromatic rings. The molecule has 0 fully saturated rings. The van der Waals surface area contributed by atoms with Crippen LogP contribution in [0.5, 0.6) is 0 Å². The molecule has 15 nitrogen and oxygen atoms in total. The van der Waals surface area contributed by atoms with Crippen molar-refractivity contribution in [1.82, 2.24) is 26.6 Å². The van der Waals surface area contributed by atoms with Crippen LogP contribution in [-0.4, -0.2) is 102 Å². The molecule has 0 aliphatic carbocycles. The number of aliphatic carboxylic acids is 1. The second kappa shape index (κ2) is 13.8. The van der Waals surface area contributed by atoms with Gasteiger partial charge in [0.15, 0.2) is 0 Å². The molecule has 0 radical (unpaired) electrons. The maximum atomic E-state index is 12.2. The molecule has 0 saturated heterocycles. The number of carbonyl (C=O) groups is 6. The molecule has 0 aliphatic heterocycles. The molecule has 30 heavy (non-hydrogen) atoms. The zero-order valence-electron chi connectivity index (χ0n) is 16.1. The molecule has 5 amide bonds. The van der Waals surface area contributed by atoms with Gasteiger partial charge in [-0.05, 0) is 6.92 Å². The molecule has 0 saturated carbocycles. The Hall–Kier alpha value is -3.30. The molecule has 3 atom stereocenters. The number of carboxylic acids is 1. The average Bonchev–Trinajstić information content (AvgIpc) is 2.69. The summed E-state index contributed by atoms with van der Waals surface area (Å²) in [7, 11) is 0. The van der Waals surface area contributed by atoms with Gasteiger partial charge in [-0.3, -0.25) is 28.8 Å². The van der Waals surface area contributed by atoms with E-state index >= 15 is 0 Å². The maximum absolute atomic E-state index is 12.2. The van der Waals surface area contributed by atoms with Gasteiger partial charge >= 0.3 is 5.97 Å². The number of rotatable bonds is 13. The standard InChI is InChI=1S/C15H26N6O9/c1-7(23)13(15(30)20-8(6-22)14(29)19-5-12(27)28)21-11(26)4-18-10(25)3-17-9(24)2-16/h7-8,13,22-23H,2-6,16H2,1H3,(H,17,24)(H,18,25)(H,19,29)(H,20,30)(H,21,26)(H,27,28). The minimum absolute atomic E-state index is 0.317. The molecule has 0 aromatic carbocycles. The Balaban J connectivity index is 4.71. The third-order valence-corrected chi connectivity index (χ3v) is 3.39. The van der Waals surface area contributed by atoms with Gasteiger partial charge in [0.2, 0.25) is 29.5 Å². The summed E-state index contributed by atoms with van der Waals surface area (Å²) in [6.45, 7) is -1.77. The van der Waals surface area contributed by atoms with Crippen molar-refractivity contribution in [3.8, 4) is 0 Å². The fourth-order valence-corrected chi connectivity index (χ4v) is 1.86. The summed E-state index contributed by atoms with van der Waals surface area (Å²) in [4.78, 5) is 68.8. The first-order valence-electron chi connectivity index (χ1n) is 8.63. The van der Waals surface area contributed by atoms with Crippen molar-refractivity contribution >= 4 is 35.5 Å². The second-order valence-electron chi connectivity index (χ2n) is 5.90. The minimum Gasteiger partial charge on any atom is -0.480 e. The second-order valence-corrected chi connectivity index (χ2v) is 5.90. The number of amides is 5. The van der Waals surface area contributed by atoms with Gasteiger partial charge in [-0.15, -0.1) is 0 Å². The van der Waals surface area contributed by atoms with Crippen LogP contribution in [0, 0.1) is 0 Å². The van der Waals surface area contributed by atoms with Crippen LogP contribution in [-0.2, 0) is 28.8 Å². The highest BCUT2D eigenvalue weighted by Crippen LogP contribution is 1.96. The zero-order chi connectivity index (χ0) is 23.3. The molecule has 0 aliphatic rings. The van der Waals surface area contributed by atoms with E-state index in [1.54, 1.807) is 0 Å². The third kappa shape index (κ3) is 10.9. The summed E-state index contributed by atoms with van der Waals surface area (Å²) in [5.41, 5.74) is 5.05. The normalized spacial score (nSPS) is 13.2. The lowest BCUT2D eigenvalue weighted by atomic mass is 10.1. The van der Waals surface area contributed by atoms with Crippen molar-refractivity contribution in [1.29, 1.82) is 0 Å². The van der Waals surface area contributed by atoms with Gasteiger partial charge in [0.25, 0.3) is 0 Å². The Morgan fingerprint density at radius 3 is 1.90 bits per heavy atom. The summed E-state index contributed by atoms with van der Waals surface area (Å²) in [6.07, 6.45) is -1.42. The zero-order valence-corrected chi connectivity index (χ0v) is 16.1. The molecule has 0 rings (SSSR count). The molecule has 170 valence electrons. The van der Waals surface area contributed by atoms with E-state index in [-0.39, 0.29) is 6.54 Å². The molecular weight excluding hydrogens is 408 g/mol. The first kappa shape index (κ1) is 26.7. The number of hydrogen-bond donors (Lipinski definition) is 9. The summed E-state index contributed by atoms with van der Waals surface area (Å²) >= 11 is 0. The van der Waals surface area contributed by atoms with Crippen LogP contribution < -0.4 is 32.3 Å². The number of carbonyl (C=O) groups excluding carboxylic acids is 5. The van der Waals surface area contributed by atoms with Crippen LogP contribution in [0.15, 0.2) is 0 Å². The van der Waals surface area contributed by atoms with Crippen molar-refractivity contribution in [2.24, 2.45) is 5.73 Å². The molecule has 0 bridgehead atoms. The number of nitrogens with one attached hydrogen (secondary N) is 5. The van der Waals surface area contributed by atoms with E-state index < -0.39 is 79.9 Å². The smallest absolute Gasteiger partial charge is 0.322 e. The highest BCUT2D eigenvalue weighted by atomic mass is 16.4. The summed E-state index contributed by atoms with van der Waals surface area (Å²) in [5, 5.41) is 37.9. The third-order valence-electron chi connectivity index (χ3n) is 3.39. The van der Waals surface area contributed by atoms with Crippen LogP contribution in [0.2, 0.25) is 0 Å². The van der Waals surface area contributed by atoms with E-state index in [2.05, 4.69) is 21.3 Å². The van der Waals surface area contributed by atoms with E-state index in [1.807, 2.05) is 5.32 Å². The summed E-state index contributed by atoms with van der Waals surface area (Å²) in [5.74, 6) is -5.53. The van der Waals surface area contributed by atoms with Gasteiger partial charge in [-0.25, -0.2) is 0 Å². The Bertz CT molecular complexity index is 655. The number of aliphatic hydroxyl groups is 2. The Kier molecular flexibility index (Phi) is 12.3. The quantitative estimate of drug-likeness (QED) is 0.132. The number of hydrogen-bond acceptors (Lipinski definition) is 9. The minimum atomic E-state index is -1.55. The van der Waals surface area contributed by atoms with Crippen molar-refractivity contribution in [3.63, 3.8) is 0 Å². The highest BCUT2D eigenvalue weighted by Gasteiger charge is 2.29. The topological polar surface area (TPSA) is 249 Å². The molecule has 10 N–H and O–H groups in total. The van der Waals surface area contributed by atoms with Crippen LogP contribution in [0.4, 0.5) is 0 Å². The fourth-order valence-electron chi connectivity index (χ4n) is 1.86. The molecule has 3 unspecified atom stereocenters. The monoisotopic (exact) mass is 434 g/mol. The number of carboxylic acid groups (broad SMARTS) is 1. The van der Waals surface area contributed by atoms with Crippen LogP contribution in [0.1, 0.15) is 6.92 Å². The van der Waals surface area contributed by atoms with E-state index in [9.17, 15) is 39.0 Å². The highest BCUT2D eigenvalue weighted by molar-refractivity contribution is 5.94. The SMILES string of the molecule is CC(O)C(NC(=O)CNC(=O)CNC(=O)CN)C(=O)NC(CO)C(=O)NCC(=O)O. The lowest BCUT2D eigenvalue weighted by Gasteiger charge is -2.23. The molecule has 0 spiro atoms. The van der Waals surface area contributed by atoms with Gasteiger partial charge < -0.3 is 47.6 Å². The van der Waals surface area contributed by atoms with Crippen LogP contribution in [0.3, 0.4) is 0 Å². The van der Waals surface area contributed by atoms with Gasteiger partial charge in [0, 0.05) is 0 Å². The van der Waals surface area contributed by atoms with E-state index in [1.165, 1.54) is 6.92 Å². The fraction of sp³-hybridized carbons (Fsp3) is 0.600. The van der Waals surface area contributed by atoms with E-state index in [0.717, 1.165) is 0 Å². The van der Waals surface area contributed by atoms with Crippen molar-refractivity contribution in [3.05, 3.63) is 0 Å². The average molecular weight is 434 g/mol. The van der Waals surface area contributed by atoms with E-state index in [4.69, 9.17) is 10.8 Å². The van der Waals surface area contributed by atoms with Crippen molar-refractivity contribution < 1.29 is 44.1 Å². The van der Waals surface area contributed by atoms with Crippen molar-refractivity contribution in [2.75, 3.05) is 32.8 Å². The maximum Gasteiger partial charge on any atom is 0.322 e. The Morgan fingerprint density at radius 1 is 0.833 bits per heavy atom. The molecule has 0 aromatic heterocycles. The largest absolute Gasteiger partial charge is 0.480 e. The molecule has 15 heteroatoms. The van der Waals surface area contributed by atoms with Crippen LogP contribution in [0.25, 0.3) is 0 Å². The molecular formula is C15H26N6O9. The van der Waals surface area contributed by atoms with E-state index in [0.29, 0.717) is 0 Å². The summed E-state index contributed by atoms with van der Waals surface area (Å²) in [6, 6.07) is -3.08. The van der Waals surface area contributed by atoms with Gasteiger partial charge in [-0.1, -0.05) is 0 Å². The van der Waals surface area contributed by atoms with Crippen molar-refractivity contribution in [2.45, 2.75) is 25.1 Å². The van der Waals surface area contributed by atoms with Gasteiger partial charge in [-0.2, -0.15) is 0 Å². The first-order chi connectivity index (χ1) is 14.0. The lowest BCUT2D eigenvalue weighted by Crippen LogP contribution is -2.59. The summed E-state index contributed by atoms with van der Waals surface area (Å²) < 4.78 is 0. The predicted molar refractivity (Wildman–Crippen MR) is 98.3 cm³/mol. The Morgan fingerprint density at radius 2 is 1.40 bits per heavy atom. The van der Waals surface area contributed by atoms with Gasteiger partial charge in [0.05, 0.1) is 32.3 Å². The molecule has 0 heterocycles. The Labute approximate surface area is 170 Å². The van der Waals surface area contributed by atoms with Gasteiger partial charge in [0.1, 0.15) is 18.6 Å². The van der Waals surface area contributed by atoms with Crippen LogP contribution >= 0.6 is 0 Å².